The van der Waals surface area contributed by atoms with Gasteiger partial charge in [0.15, 0.2) is 0 Å². The molecular formula is C13H12N4O3. The summed E-state index contributed by atoms with van der Waals surface area (Å²) in [5.74, 6) is 0.182. The van der Waals surface area contributed by atoms with E-state index < -0.39 is 6.10 Å². The van der Waals surface area contributed by atoms with Gasteiger partial charge in [0, 0.05) is 0 Å². The van der Waals surface area contributed by atoms with Crippen LogP contribution in [0, 0.1) is 0 Å². The highest BCUT2D eigenvalue weighted by Gasteiger charge is 2.14. The lowest BCUT2D eigenvalue weighted by atomic mass is 10.0. The van der Waals surface area contributed by atoms with Crippen LogP contribution in [0.1, 0.15) is 25.0 Å². The van der Waals surface area contributed by atoms with Gasteiger partial charge in [-0.05, 0) is 29.3 Å². The van der Waals surface area contributed by atoms with E-state index in [0.717, 1.165) is 0 Å². The van der Waals surface area contributed by atoms with Crippen LogP contribution in [0.2, 0.25) is 0 Å². The molecule has 0 bridgehead atoms. The molecule has 2 N–H and O–H groups in total. The molecule has 0 unspecified atom stereocenters. The van der Waals surface area contributed by atoms with Gasteiger partial charge in [0.2, 0.25) is 11.3 Å². The van der Waals surface area contributed by atoms with Crippen molar-refractivity contribution in [3.8, 4) is 11.4 Å². The van der Waals surface area contributed by atoms with Crippen LogP contribution in [-0.4, -0.2) is 25.7 Å². The molecule has 7 heteroatoms. The summed E-state index contributed by atoms with van der Waals surface area (Å²) in [6.07, 6.45) is 1.28. The van der Waals surface area contributed by atoms with Crippen LogP contribution in [0.5, 0.6) is 0 Å². The summed E-state index contributed by atoms with van der Waals surface area (Å²) in [7, 11) is 0. The van der Waals surface area contributed by atoms with Gasteiger partial charge in [0.1, 0.15) is 17.4 Å². The number of aliphatic hydroxyl groups excluding tert-OH is 1. The van der Waals surface area contributed by atoms with Crippen molar-refractivity contribution in [1.29, 1.82) is 0 Å². The lowest BCUT2D eigenvalue weighted by molar-refractivity contribution is 0.174. The third-order valence-electron chi connectivity index (χ3n) is 3.15. The summed E-state index contributed by atoms with van der Waals surface area (Å²) in [6, 6.07) is 5.05. The fraction of sp³-hybridized carbons (Fsp3) is 0.231. The molecular weight excluding hydrogens is 260 g/mol. The minimum atomic E-state index is -0.604. The normalized spacial score (nSPS) is 12.7. The Morgan fingerprint density at radius 2 is 2.30 bits per heavy atom. The number of hydrogen-bond donors (Lipinski definition) is 2. The van der Waals surface area contributed by atoms with E-state index in [2.05, 4.69) is 20.6 Å². The van der Waals surface area contributed by atoms with Gasteiger partial charge >= 0.3 is 0 Å². The number of nitrogens with zero attached hydrogens (tertiary/aromatic N) is 3. The number of rotatable bonds is 3. The lowest BCUT2D eigenvalue weighted by Crippen LogP contribution is -2.07. The number of aromatic nitrogens is 4. The van der Waals surface area contributed by atoms with E-state index in [4.69, 9.17) is 4.42 Å². The van der Waals surface area contributed by atoms with Crippen LogP contribution in [-0.2, 0) is 0 Å². The van der Waals surface area contributed by atoms with Crippen molar-refractivity contribution in [1.82, 2.24) is 20.6 Å². The van der Waals surface area contributed by atoms with Crippen LogP contribution < -0.4 is 5.43 Å². The number of tetrazole rings is 1. The van der Waals surface area contributed by atoms with E-state index in [-0.39, 0.29) is 16.8 Å². The van der Waals surface area contributed by atoms with Gasteiger partial charge in [-0.15, -0.1) is 10.2 Å². The van der Waals surface area contributed by atoms with Crippen molar-refractivity contribution in [3.63, 3.8) is 0 Å². The second-order valence-corrected chi connectivity index (χ2v) is 4.39. The minimum Gasteiger partial charge on any atom is -0.463 e. The number of hydrogen-bond acceptors (Lipinski definition) is 6. The summed E-state index contributed by atoms with van der Waals surface area (Å²) in [4.78, 5) is 12.4. The average molecular weight is 272 g/mol. The Morgan fingerprint density at radius 1 is 1.45 bits per heavy atom. The predicted octanol–water partition coefficient (Wildman–Crippen LogP) is 1.42. The molecule has 0 aliphatic heterocycles. The molecule has 3 aromatic rings. The molecule has 102 valence electrons. The summed E-state index contributed by atoms with van der Waals surface area (Å²) in [6.45, 7) is 1.87. The smallest absolute Gasteiger partial charge is 0.211 e. The third kappa shape index (κ3) is 1.97. The number of aliphatic hydroxyl groups is 1. The molecule has 2 aromatic heterocycles. The van der Waals surface area contributed by atoms with Crippen LogP contribution in [0.3, 0.4) is 0 Å². The number of benzene rings is 1. The van der Waals surface area contributed by atoms with Gasteiger partial charge < -0.3 is 9.52 Å². The van der Waals surface area contributed by atoms with E-state index in [1.165, 1.54) is 6.26 Å². The monoisotopic (exact) mass is 272 g/mol. The SMILES string of the molecule is CC[C@H](O)c1ccc2occ(-c3nn[nH]n3)c(=O)c2c1. The van der Waals surface area contributed by atoms with Crippen LogP contribution in [0.15, 0.2) is 33.7 Å². The molecule has 0 aliphatic rings. The predicted molar refractivity (Wildman–Crippen MR) is 70.9 cm³/mol. The molecule has 0 saturated heterocycles. The van der Waals surface area contributed by atoms with Crippen molar-refractivity contribution < 1.29 is 9.52 Å². The number of aromatic amines is 1. The van der Waals surface area contributed by atoms with Gasteiger partial charge in [-0.2, -0.15) is 5.21 Å². The Balaban J connectivity index is 2.23. The Bertz CT molecular complexity index is 795. The Hall–Kier alpha value is -2.54. The van der Waals surface area contributed by atoms with Crippen LogP contribution in [0.4, 0.5) is 0 Å². The van der Waals surface area contributed by atoms with Crippen molar-refractivity contribution in [3.05, 3.63) is 40.2 Å². The van der Waals surface area contributed by atoms with E-state index in [9.17, 15) is 9.90 Å². The highest BCUT2D eigenvalue weighted by atomic mass is 16.3. The second-order valence-electron chi connectivity index (χ2n) is 4.39. The van der Waals surface area contributed by atoms with Gasteiger partial charge in [0.05, 0.1) is 11.5 Å². The summed E-state index contributed by atoms with van der Waals surface area (Å²) in [5.41, 5.74) is 1.11. The molecule has 1 atom stereocenters. The minimum absolute atomic E-state index is 0.182. The zero-order chi connectivity index (χ0) is 14.1. The molecule has 0 radical (unpaired) electrons. The standard InChI is InChI=1S/C13H12N4O3/c1-2-10(18)7-3-4-11-8(5-7)12(19)9(6-20-11)13-14-16-17-15-13/h3-6,10,18H,2H2,1H3,(H,14,15,16,17)/t10-/m0/s1. The van der Waals surface area contributed by atoms with E-state index in [0.29, 0.717) is 23.0 Å². The van der Waals surface area contributed by atoms with Gasteiger partial charge in [-0.1, -0.05) is 13.0 Å². The summed E-state index contributed by atoms with van der Waals surface area (Å²) in [5, 5.41) is 23.5. The number of fused-ring (bicyclic) bond motifs is 1. The largest absolute Gasteiger partial charge is 0.463 e. The van der Waals surface area contributed by atoms with Crippen molar-refractivity contribution in [2.24, 2.45) is 0 Å². The first-order valence-corrected chi connectivity index (χ1v) is 6.18. The van der Waals surface area contributed by atoms with E-state index in [1.54, 1.807) is 18.2 Å². The molecule has 2 heterocycles. The summed E-state index contributed by atoms with van der Waals surface area (Å²) >= 11 is 0. The molecule has 1 aromatic carbocycles. The lowest BCUT2D eigenvalue weighted by Gasteiger charge is -2.08. The van der Waals surface area contributed by atoms with E-state index in [1.807, 2.05) is 6.92 Å². The third-order valence-corrected chi connectivity index (χ3v) is 3.15. The average Bonchev–Trinajstić information content (AvgIpc) is 3.00. The zero-order valence-corrected chi connectivity index (χ0v) is 10.7. The maximum absolute atomic E-state index is 12.4. The molecule has 0 amide bonds. The fourth-order valence-corrected chi connectivity index (χ4v) is 2.02. The quantitative estimate of drug-likeness (QED) is 0.747. The van der Waals surface area contributed by atoms with Crippen molar-refractivity contribution in [2.75, 3.05) is 0 Å². The van der Waals surface area contributed by atoms with E-state index >= 15 is 0 Å². The summed E-state index contributed by atoms with van der Waals surface area (Å²) < 4.78 is 5.41. The van der Waals surface area contributed by atoms with Crippen molar-refractivity contribution in [2.45, 2.75) is 19.4 Å². The van der Waals surface area contributed by atoms with Crippen molar-refractivity contribution >= 4 is 11.0 Å². The first-order valence-electron chi connectivity index (χ1n) is 6.18. The van der Waals surface area contributed by atoms with Gasteiger partial charge in [-0.3, -0.25) is 4.79 Å². The Morgan fingerprint density at radius 3 is 3.00 bits per heavy atom. The fourth-order valence-electron chi connectivity index (χ4n) is 2.02. The Kier molecular flexibility index (Phi) is 3.03. The molecule has 0 spiro atoms. The maximum atomic E-state index is 12.4. The first-order chi connectivity index (χ1) is 9.70. The topological polar surface area (TPSA) is 105 Å². The van der Waals surface area contributed by atoms with Crippen LogP contribution >= 0.6 is 0 Å². The van der Waals surface area contributed by atoms with Crippen LogP contribution in [0.25, 0.3) is 22.4 Å². The molecule has 0 fully saturated rings. The maximum Gasteiger partial charge on any atom is 0.211 e. The molecule has 0 aliphatic carbocycles. The highest BCUT2D eigenvalue weighted by Crippen LogP contribution is 2.22. The number of H-pyrrole nitrogens is 1. The number of nitrogens with one attached hydrogen (secondary N) is 1. The molecule has 7 nitrogen and oxygen atoms in total. The second kappa shape index (κ2) is 4.86. The Labute approximate surface area is 113 Å². The zero-order valence-electron chi connectivity index (χ0n) is 10.7. The van der Waals surface area contributed by atoms with Gasteiger partial charge in [-0.25, -0.2) is 0 Å². The molecule has 3 rings (SSSR count). The molecule has 20 heavy (non-hydrogen) atoms. The first kappa shape index (κ1) is 12.5. The molecule has 0 saturated carbocycles. The van der Waals surface area contributed by atoms with Gasteiger partial charge in [0.25, 0.3) is 0 Å². The highest BCUT2D eigenvalue weighted by molar-refractivity contribution is 5.81.